The lowest BCUT2D eigenvalue weighted by atomic mass is 9.90. The third-order valence-corrected chi connectivity index (χ3v) is 5.13. The summed E-state index contributed by atoms with van der Waals surface area (Å²) < 4.78 is 6.14. The molecule has 0 spiro atoms. The van der Waals surface area contributed by atoms with Gasteiger partial charge in [-0.05, 0) is 56.1 Å². The average molecular weight is 356 g/mol. The molecular formula is C20H25N3OS. The lowest BCUT2D eigenvalue weighted by molar-refractivity contribution is 0.177. The largest absolute Gasteiger partial charge is 0.474 e. The van der Waals surface area contributed by atoms with E-state index in [-0.39, 0.29) is 6.10 Å². The van der Waals surface area contributed by atoms with Crippen molar-refractivity contribution >= 4 is 23.0 Å². The summed E-state index contributed by atoms with van der Waals surface area (Å²) in [4.78, 5) is 6.58. The lowest BCUT2D eigenvalue weighted by Crippen LogP contribution is -2.31. The van der Waals surface area contributed by atoms with Crippen molar-refractivity contribution in [3.63, 3.8) is 0 Å². The van der Waals surface area contributed by atoms with Crippen molar-refractivity contribution < 1.29 is 4.74 Å². The van der Waals surface area contributed by atoms with Crippen LogP contribution in [0.15, 0.2) is 36.4 Å². The molecule has 0 amide bonds. The number of ether oxygens (including phenoxy) is 1. The van der Waals surface area contributed by atoms with Crippen molar-refractivity contribution in [2.45, 2.75) is 39.2 Å². The lowest BCUT2D eigenvalue weighted by Gasteiger charge is -2.25. The molecule has 1 unspecified atom stereocenters. The number of hydrogen-bond acceptors (Lipinski definition) is 3. The third-order valence-electron chi connectivity index (χ3n) is 4.71. The van der Waals surface area contributed by atoms with Crippen molar-refractivity contribution in [2.24, 2.45) is 0 Å². The number of benzene rings is 1. The van der Waals surface area contributed by atoms with Gasteiger partial charge in [0.1, 0.15) is 6.10 Å². The molecule has 4 nitrogen and oxygen atoms in total. The van der Waals surface area contributed by atoms with Gasteiger partial charge in [0.25, 0.3) is 0 Å². The SMILES string of the molecule is CCN(C)C(=S)Nc1ccc(OC2CCc3ccccc3C2)nc1C. The van der Waals surface area contributed by atoms with Gasteiger partial charge in [0.2, 0.25) is 5.88 Å². The number of thiocarbonyl (C=S) groups is 1. The van der Waals surface area contributed by atoms with E-state index in [1.54, 1.807) is 0 Å². The Morgan fingerprint density at radius 3 is 2.76 bits per heavy atom. The molecule has 0 saturated carbocycles. The molecule has 1 heterocycles. The summed E-state index contributed by atoms with van der Waals surface area (Å²) in [6.07, 6.45) is 3.23. The first-order valence-electron chi connectivity index (χ1n) is 8.80. The van der Waals surface area contributed by atoms with Crippen LogP contribution in [-0.2, 0) is 12.8 Å². The van der Waals surface area contributed by atoms with Gasteiger partial charge < -0.3 is 15.0 Å². The molecule has 1 aromatic heterocycles. The second kappa shape index (κ2) is 7.83. The normalized spacial score (nSPS) is 16.0. The van der Waals surface area contributed by atoms with Gasteiger partial charge >= 0.3 is 0 Å². The van der Waals surface area contributed by atoms with Crippen LogP contribution in [0.1, 0.15) is 30.2 Å². The predicted octanol–water partition coefficient (Wildman–Crippen LogP) is 3.97. The zero-order valence-corrected chi connectivity index (χ0v) is 15.9. The highest BCUT2D eigenvalue weighted by Crippen LogP contribution is 2.25. The number of aromatic nitrogens is 1. The molecule has 1 N–H and O–H groups in total. The summed E-state index contributed by atoms with van der Waals surface area (Å²) in [7, 11) is 1.97. The van der Waals surface area contributed by atoms with Gasteiger partial charge in [0.15, 0.2) is 5.11 Å². The molecule has 0 fully saturated rings. The summed E-state index contributed by atoms with van der Waals surface area (Å²) >= 11 is 5.37. The highest BCUT2D eigenvalue weighted by Gasteiger charge is 2.20. The van der Waals surface area contributed by atoms with Crippen LogP contribution in [0, 0.1) is 6.92 Å². The third kappa shape index (κ3) is 4.28. The monoisotopic (exact) mass is 355 g/mol. The molecule has 0 bridgehead atoms. The van der Waals surface area contributed by atoms with Crippen LogP contribution in [0.25, 0.3) is 0 Å². The second-order valence-corrected chi connectivity index (χ2v) is 6.86. The first kappa shape index (κ1) is 17.7. The van der Waals surface area contributed by atoms with Crippen LogP contribution in [0.4, 0.5) is 5.69 Å². The maximum atomic E-state index is 6.14. The number of pyridine rings is 1. The fourth-order valence-corrected chi connectivity index (χ4v) is 3.26. The minimum absolute atomic E-state index is 0.188. The topological polar surface area (TPSA) is 37.4 Å². The summed E-state index contributed by atoms with van der Waals surface area (Å²) in [5, 5.41) is 3.94. The number of nitrogens with zero attached hydrogens (tertiary/aromatic N) is 2. The van der Waals surface area contributed by atoms with E-state index in [4.69, 9.17) is 17.0 Å². The Hall–Kier alpha value is -2.14. The maximum absolute atomic E-state index is 6.14. The fraction of sp³-hybridized carbons (Fsp3) is 0.400. The Morgan fingerprint density at radius 2 is 2.04 bits per heavy atom. The average Bonchev–Trinajstić information content (AvgIpc) is 2.63. The van der Waals surface area contributed by atoms with Gasteiger partial charge in [-0.25, -0.2) is 4.98 Å². The van der Waals surface area contributed by atoms with E-state index in [0.29, 0.717) is 11.0 Å². The van der Waals surface area contributed by atoms with Crippen LogP contribution in [-0.4, -0.2) is 34.7 Å². The van der Waals surface area contributed by atoms with E-state index in [0.717, 1.165) is 37.2 Å². The van der Waals surface area contributed by atoms with E-state index in [9.17, 15) is 0 Å². The number of hydrogen-bond donors (Lipinski definition) is 1. The van der Waals surface area contributed by atoms with Crippen molar-refractivity contribution in [1.82, 2.24) is 9.88 Å². The minimum atomic E-state index is 0.188. The molecule has 25 heavy (non-hydrogen) atoms. The van der Waals surface area contributed by atoms with Crippen LogP contribution < -0.4 is 10.1 Å². The van der Waals surface area contributed by atoms with E-state index in [2.05, 4.69) is 41.5 Å². The van der Waals surface area contributed by atoms with Crippen LogP contribution in [0.2, 0.25) is 0 Å². The van der Waals surface area contributed by atoms with Crippen LogP contribution in [0.3, 0.4) is 0 Å². The smallest absolute Gasteiger partial charge is 0.213 e. The fourth-order valence-electron chi connectivity index (χ4n) is 3.03. The number of aryl methyl sites for hydroxylation is 2. The summed E-state index contributed by atoms with van der Waals surface area (Å²) in [5.41, 5.74) is 4.65. The maximum Gasteiger partial charge on any atom is 0.213 e. The van der Waals surface area contributed by atoms with E-state index >= 15 is 0 Å². The predicted molar refractivity (Wildman–Crippen MR) is 106 cm³/mol. The Labute approximate surface area is 155 Å². The molecule has 0 aliphatic heterocycles. The zero-order chi connectivity index (χ0) is 17.8. The van der Waals surface area contributed by atoms with Crippen molar-refractivity contribution in [3.8, 4) is 5.88 Å². The van der Waals surface area contributed by atoms with Crippen LogP contribution in [0.5, 0.6) is 5.88 Å². The second-order valence-electron chi connectivity index (χ2n) is 6.48. The molecule has 132 valence electrons. The molecule has 5 heteroatoms. The molecule has 2 aromatic rings. The summed E-state index contributed by atoms with van der Waals surface area (Å²) in [5.74, 6) is 0.683. The van der Waals surface area contributed by atoms with E-state index < -0.39 is 0 Å². The molecule has 1 aliphatic carbocycles. The molecule has 1 aliphatic rings. The van der Waals surface area contributed by atoms with Crippen molar-refractivity contribution in [3.05, 3.63) is 53.2 Å². The van der Waals surface area contributed by atoms with Crippen molar-refractivity contribution in [1.29, 1.82) is 0 Å². The quantitative estimate of drug-likeness (QED) is 0.840. The van der Waals surface area contributed by atoms with Gasteiger partial charge in [0, 0.05) is 26.1 Å². The molecular weight excluding hydrogens is 330 g/mol. The summed E-state index contributed by atoms with van der Waals surface area (Å²) in [6.45, 7) is 4.90. The zero-order valence-electron chi connectivity index (χ0n) is 15.1. The Balaban J connectivity index is 1.65. The van der Waals surface area contributed by atoms with E-state index in [1.165, 1.54) is 11.1 Å². The molecule has 1 atom stereocenters. The van der Waals surface area contributed by atoms with Crippen molar-refractivity contribution in [2.75, 3.05) is 18.9 Å². The first-order chi connectivity index (χ1) is 12.1. The van der Waals surface area contributed by atoms with Gasteiger partial charge in [0.05, 0.1) is 11.4 Å². The van der Waals surface area contributed by atoms with Crippen LogP contribution >= 0.6 is 12.2 Å². The highest BCUT2D eigenvalue weighted by atomic mass is 32.1. The molecule has 0 radical (unpaired) electrons. The summed E-state index contributed by atoms with van der Waals surface area (Å²) in [6, 6.07) is 12.5. The van der Waals surface area contributed by atoms with E-state index in [1.807, 2.05) is 31.0 Å². The minimum Gasteiger partial charge on any atom is -0.474 e. The standard InChI is InChI=1S/C20H25N3OS/c1-4-23(3)20(25)22-18-11-12-19(21-14(18)2)24-17-10-9-15-7-5-6-8-16(15)13-17/h5-8,11-12,17H,4,9-10,13H2,1-3H3,(H,22,25). The van der Waals surface area contributed by atoms with Gasteiger partial charge in [-0.1, -0.05) is 24.3 Å². The molecule has 0 saturated heterocycles. The Kier molecular flexibility index (Phi) is 5.53. The number of fused-ring (bicyclic) bond motifs is 1. The number of nitrogens with one attached hydrogen (secondary N) is 1. The Morgan fingerprint density at radius 1 is 1.28 bits per heavy atom. The number of anilines is 1. The number of rotatable bonds is 4. The highest BCUT2D eigenvalue weighted by molar-refractivity contribution is 7.80. The molecule has 1 aromatic carbocycles. The Bertz CT molecular complexity index is 762. The van der Waals surface area contributed by atoms with Gasteiger partial charge in [-0.2, -0.15) is 0 Å². The molecule has 3 rings (SSSR count). The van der Waals surface area contributed by atoms with Gasteiger partial charge in [-0.3, -0.25) is 0 Å². The van der Waals surface area contributed by atoms with Gasteiger partial charge in [-0.15, -0.1) is 0 Å². The first-order valence-corrected chi connectivity index (χ1v) is 9.21.